The smallest absolute Gasteiger partial charge is 0.347 e. The fraction of sp³-hybridized carbons (Fsp3) is 0.708. The number of hydrogen-bond donors (Lipinski definition) is 1. The lowest BCUT2D eigenvalue weighted by atomic mass is 9.84. The zero-order valence-corrected chi connectivity index (χ0v) is 20.9. The van der Waals surface area contributed by atoms with Gasteiger partial charge in [0.05, 0.1) is 5.92 Å². The molecular formula is C24H36O10. The van der Waals surface area contributed by atoms with Crippen LogP contribution in [-0.2, 0) is 42.8 Å². The minimum Gasteiger partial charge on any atom is -0.461 e. The molecule has 1 N–H and O–H groups in total. The van der Waals surface area contributed by atoms with Crippen LogP contribution in [0.15, 0.2) is 23.3 Å². The molecule has 1 aliphatic heterocycles. The van der Waals surface area contributed by atoms with Crippen LogP contribution in [0.1, 0.15) is 41.0 Å². The fourth-order valence-corrected chi connectivity index (χ4v) is 3.92. The van der Waals surface area contributed by atoms with Gasteiger partial charge in [-0.1, -0.05) is 33.8 Å². The summed E-state index contributed by atoms with van der Waals surface area (Å²) in [5.74, 6) is -2.74. The van der Waals surface area contributed by atoms with E-state index in [4.69, 9.17) is 28.4 Å². The molecule has 1 heterocycles. The van der Waals surface area contributed by atoms with E-state index in [9.17, 15) is 19.5 Å². The van der Waals surface area contributed by atoms with Crippen molar-refractivity contribution in [2.24, 2.45) is 17.8 Å². The van der Waals surface area contributed by atoms with E-state index in [0.717, 1.165) is 0 Å². The number of rotatable bonds is 11. The van der Waals surface area contributed by atoms with Crippen LogP contribution in [-0.4, -0.2) is 74.7 Å². The van der Waals surface area contributed by atoms with E-state index < -0.39 is 54.7 Å². The second-order valence-electron chi connectivity index (χ2n) is 9.23. The summed E-state index contributed by atoms with van der Waals surface area (Å²) in [6.07, 6.45) is 0.434. The van der Waals surface area contributed by atoms with E-state index in [1.54, 1.807) is 19.9 Å². The highest BCUT2D eigenvalue weighted by Gasteiger charge is 2.52. The number of hydrogen-bond acceptors (Lipinski definition) is 10. The van der Waals surface area contributed by atoms with Crippen molar-refractivity contribution in [2.75, 3.05) is 27.4 Å². The lowest BCUT2D eigenvalue weighted by Crippen LogP contribution is -2.51. The van der Waals surface area contributed by atoms with Crippen molar-refractivity contribution in [1.29, 1.82) is 0 Å². The molecule has 0 aromatic heterocycles. The number of aliphatic hydroxyl groups is 1. The van der Waals surface area contributed by atoms with Gasteiger partial charge in [-0.25, -0.2) is 4.79 Å². The summed E-state index contributed by atoms with van der Waals surface area (Å²) in [6, 6.07) is 0. The normalized spacial score (nSPS) is 27.1. The molecule has 0 unspecified atom stereocenters. The molecule has 0 aromatic rings. The molecule has 2 rings (SSSR count). The molecule has 0 bridgehead atoms. The maximum Gasteiger partial charge on any atom is 0.347 e. The van der Waals surface area contributed by atoms with Crippen molar-refractivity contribution in [1.82, 2.24) is 0 Å². The Hall–Kier alpha value is -2.27. The van der Waals surface area contributed by atoms with Gasteiger partial charge in [0, 0.05) is 39.1 Å². The molecule has 0 fully saturated rings. The minimum atomic E-state index is -1.67. The van der Waals surface area contributed by atoms with Gasteiger partial charge in [0.2, 0.25) is 6.10 Å². The molecule has 10 heteroatoms. The van der Waals surface area contributed by atoms with Crippen molar-refractivity contribution in [3.8, 4) is 0 Å². The molecule has 0 radical (unpaired) electrons. The van der Waals surface area contributed by atoms with Crippen molar-refractivity contribution in [2.45, 2.75) is 65.3 Å². The second kappa shape index (κ2) is 11.9. The van der Waals surface area contributed by atoms with E-state index in [0.29, 0.717) is 11.1 Å². The summed E-state index contributed by atoms with van der Waals surface area (Å²) in [4.78, 5) is 36.2. The number of fused-ring (bicyclic) bond motifs is 1. The first kappa shape index (κ1) is 28.0. The summed E-state index contributed by atoms with van der Waals surface area (Å²) >= 11 is 0. The summed E-state index contributed by atoms with van der Waals surface area (Å²) in [5.41, 5.74) is -0.555. The highest BCUT2D eigenvalue weighted by Crippen LogP contribution is 2.44. The highest BCUT2D eigenvalue weighted by molar-refractivity contribution is 5.79. The van der Waals surface area contributed by atoms with Crippen molar-refractivity contribution < 1.29 is 47.9 Å². The van der Waals surface area contributed by atoms with Crippen LogP contribution in [0.3, 0.4) is 0 Å². The van der Waals surface area contributed by atoms with E-state index >= 15 is 0 Å². The maximum absolute atomic E-state index is 12.8. The topological polar surface area (TPSA) is 127 Å². The Morgan fingerprint density at radius 3 is 2.32 bits per heavy atom. The van der Waals surface area contributed by atoms with Gasteiger partial charge in [0.1, 0.15) is 18.8 Å². The molecule has 34 heavy (non-hydrogen) atoms. The van der Waals surface area contributed by atoms with Gasteiger partial charge < -0.3 is 33.5 Å². The van der Waals surface area contributed by atoms with E-state index in [1.807, 2.05) is 13.8 Å². The largest absolute Gasteiger partial charge is 0.461 e. The summed E-state index contributed by atoms with van der Waals surface area (Å²) < 4.78 is 32.5. The van der Waals surface area contributed by atoms with Gasteiger partial charge in [-0.15, -0.1) is 0 Å². The van der Waals surface area contributed by atoms with Gasteiger partial charge in [-0.3, -0.25) is 9.59 Å². The summed E-state index contributed by atoms with van der Waals surface area (Å²) in [5, 5.41) is 11.4. The zero-order valence-electron chi connectivity index (χ0n) is 20.9. The Kier molecular flexibility index (Phi) is 9.81. The molecule has 5 atom stereocenters. The third kappa shape index (κ3) is 6.65. The first-order valence-electron chi connectivity index (χ1n) is 11.3. The first-order valence-corrected chi connectivity index (χ1v) is 11.3. The number of methoxy groups -OCH3 is 2. The van der Waals surface area contributed by atoms with Crippen molar-refractivity contribution in [3.05, 3.63) is 23.3 Å². The molecule has 192 valence electrons. The van der Waals surface area contributed by atoms with Gasteiger partial charge in [-0.05, 0) is 17.6 Å². The quantitative estimate of drug-likeness (QED) is 0.343. The average molecular weight is 485 g/mol. The molecule has 0 saturated heterocycles. The summed E-state index contributed by atoms with van der Waals surface area (Å²) in [7, 11) is 2.85. The third-order valence-electron chi connectivity index (χ3n) is 5.60. The Morgan fingerprint density at radius 1 is 1.12 bits per heavy atom. The standard InChI is InChI=1S/C24H36O10/c1-13(2)10-18(26)33-20(14(3)4)21(27)32-12-24(28)9-8-16-17(11-31-15(5)25)22(29-6)34-23(30-7)19(16)24/h8-9,13-14,19-20,22-23,28H,10-12H2,1-7H3/t19-,20+,22-,23-,24+/m1/s1. The third-order valence-corrected chi connectivity index (χ3v) is 5.60. The fourth-order valence-electron chi connectivity index (χ4n) is 3.92. The van der Waals surface area contributed by atoms with Crippen LogP contribution < -0.4 is 0 Å². The number of carbonyl (C=O) groups excluding carboxylic acids is 3. The molecular weight excluding hydrogens is 448 g/mol. The minimum absolute atomic E-state index is 0.0836. The molecule has 0 spiro atoms. The monoisotopic (exact) mass is 484 g/mol. The number of ether oxygens (including phenoxy) is 6. The van der Waals surface area contributed by atoms with Gasteiger partial charge in [-0.2, -0.15) is 0 Å². The first-order chi connectivity index (χ1) is 15.9. The second-order valence-corrected chi connectivity index (χ2v) is 9.23. The lowest BCUT2D eigenvalue weighted by molar-refractivity contribution is -0.258. The van der Waals surface area contributed by atoms with Crippen LogP contribution in [0.2, 0.25) is 0 Å². The molecule has 0 aromatic carbocycles. The van der Waals surface area contributed by atoms with Crippen LogP contribution in [0.25, 0.3) is 0 Å². The molecule has 2 aliphatic rings. The highest BCUT2D eigenvalue weighted by atomic mass is 16.8. The van der Waals surface area contributed by atoms with Gasteiger partial charge in [0.15, 0.2) is 12.6 Å². The van der Waals surface area contributed by atoms with Crippen LogP contribution in [0.4, 0.5) is 0 Å². The predicted octanol–water partition coefficient (Wildman–Crippen LogP) is 1.90. The average Bonchev–Trinajstić information content (AvgIpc) is 3.11. The zero-order chi connectivity index (χ0) is 25.6. The number of allylic oxidation sites excluding steroid dienone is 1. The Bertz CT molecular complexity index is 815. The lowest BCUT2D eigenvalue weighted by Gasteiger charge is -2.40. The van der Waals surface area contributed by atoms with E-state index in [2.05, 4.69) is 0 Å². The predicted molar refractivity (Wildman–Crippen MR) is 119 cm³/mol. The van der Waals surface area contributed by atoms with E-state index in [1.165, 1.54) is 27.2 Å². The van der Waals surface area contributed by atoms with Crippen LogP contribution >= 0.6 is 0 Å². The van der Waals surface area contributed by atoms with Crippen LogP contribution in [0, 0.1) is 17.8 Å². The van der Waals surface area contributed by atoms with Crippen molar-refractivity contribution in [3.63, 3.8) is 0 Å². The molecule has 10 nitrogen and oxygen atoms in total. The Labute approximate surface area is 200 Å². The Balaban J connectivity index is 2.21. The van der Waals surface area contributed by atoms with Crippen LogP contribution in [0.5, 0.6) is 0 Å². The number of esters is 3. The maximum atomic E-state index is 12.8. The summed E-state index contributed by atoms with van der Waals surface area (Å²) in [6.45, 7) is 7.98. The SMILES string of the molecule is CO[C@@H]1O[C@@H](OC)[C@H]2C(=C1COC(C)=O)C=C[C@]2(O)COC(=O)[C@@H](OC(=O)CC(C)C)C(C)C. The molecule has 1 aliphatic carbocycles. The van der Waals surface area contributed by atoms with Gasteiger partial charge in [0.25, 0.3) is 0 Å². The van der Waals surface area contributed by atoms with Gasteiger partial charge >= 0.3 is 17.9 Å². The Morgan fingerprint density at radius 2 is 1.79 bits per heavy atom. The molecule has 0 saturated carbocycles. The van der Waals surface area contributed by atoms with Crippen molar-refractivity contribution >= 4 is 17.9 Å². The number of carbonyl (C=O) groups is 3. The van der Waals surface area contributed by atoms with E-state index in [-0.39, 0.29) is 24.9 Å². The molecule has 0 amide bonds.